The topological polar surface area (TPSA) is 84.1 Å². The quantitative estimate of drug-likeness (QED) is 0.846. The van der Waals surface area contributed by atoms with E-state index in [-0.39, 0.29) is 5.91 Å². The van der Waals surface area contributed by atoms with E-state index >= 15 is 0 Å². The monoisotopic (exact) mass is 333 g/mol. The van der Waals surface area contributed by atoms with Crippen molar-refractivity contribution in [2.75, 3.05) is 12.4 Å². The largest absolute Gasteiger partial charge is 0.465 e. The molecule has 1 amide bonds. The number of hydrogen-bond acceptors (Lipinski definition) is 4. The number of aryl methyl sites for hydroxylation is 1. The maximum Gasteiger partial charge on any atom is 0.337 e. The maximum absolute atomic E-state index is 12.5. The van der Waals surface area contributed by atoms with Gasteiger partial charge in [0.05, 0.1) is 23.4 Å². The predicted molar refractivity (Wildman–Crippen MR) is 86.0 cm³/mol. The number of esters is 1. The Balaban J connectivity index is 1.85. The fourth-order valence-corrected chi connectivity index (χ4v) is 2.88. The number of hydrogen-bond donors (Lipinski definition) is 2. The molecule has 0 unspecified atom stereocenters. The molecular formula is C16H16ClN3O3. The third-order valence-corrected chi connectivity index (χ3v) is 4.24. The maximum atomic E-state index is 12.5. The predicted octanol–water partition coefficient (Wildman–Crippen LogP) is 2.98. The second-order valence-corrected chi connectivity index (χ2v) is 5.78. The van der Waals surface area contributed by atoms with Gasteiger partial charge in [-0.15, -0.1) is 0 Å². The highest BCUT2D eigenvalue weighted by Crippen LogP contribution is 2.26. The van der Waals surface area contributed by atoms with Crippen molar-refractivity contribution in [1.82, 2.24) is 10.2 Å². The number of nitrogens with one attached hydrogen (secondary N) is 2. The number of benzene rings is 1. The van der Waals surface area contributed by atoms with Crippen molar-refractivity contribution in [3.8, 4) is 0 Å². The summed E-state index contributed by atoms with van der Waals surface area (Å²) < 4.78 is 4.67. The van der Waals surface area contributed by atoms with Gasteiger partial charge in [0, 0.05) is 11.3 Å². The molecule has 2 aromatic rings. The minimum atomic E-state index is -0.491. The SMILES string of the molecule is COC(=O)c1ccc(Cl)c(NC(=O)c2n[nH]c3c2CCCC3)c1. The van der Waals surface area contributed by atoms with Gasteiger partial charge in [-0.05, 0) is 43.9 Å². The number of rotatable bonds is 3. The smallest absolute Gasteiger partial charge is 0.337 e. The van der Waals surface area contributed by atoms with Crippen LogP contribution in [-0.2, 0) is 17.6 Å². The van der Waals surface area contributed by atoms with E-state index in [1.165, 1.54) is 13.2 Å². The Hall–Kier alpha value is -2.34. The molecule has 1 aromatic carbocycles. The van der Waals surface area contributed by atoms with Crippen molar-refractivity contribution in [2.24, 2.45) is 0 Å². The minimum absolute atomic E-state index is 0.316. The van der Waals surface area contributed by atoms with Crippen molar-refractivity contribution in [1.29, 1.82) is 0 Å². The van der Waals surface area contributed by atoms with Gasteiger partial charge < -0.3 is 10.1 Å². The Morgan fingerprint density at radius 1 is 1.30 bits per heavy atom. The third-order valence-electron chi connectivity index (χ3n) is 3.91. The van der Waals surface area contributed by atoms with Crippen LogP contribution < -0.4 is 5.32 Å². The van der Waals surface area contributed by atoms with Crippen LogP contribution in [0, 0.1) is 0 Å². The third kappa shape index (κ3) is 3.07. The lowest BCUT2D eigenvalue weighted by Gasteiger charge is -2.12. The molecule has 3 rings (SSSR count). The summed E-state index contributed by atoms with van der Waals surface area (Å²) in [5.74, 6) is -0.831. The number of carbonyl (C=O) groups excluding carboxylic acids is 2. The Morgan fingerprint density at radius 3 is 2.87 bits per heavy atom. The molecule has 23 heavy (non-hydrogen) atoms. The first-order valence-corrected chi connectivity index (χ1v) is 7.73. The fraction of sp³-hybridized carbons (Fsp3) is 0.312. The number of ether oxygens (including phenoxy) is 1. The van der Waals surface area contributed by atoms with Crippen molar-refractivity contribution in [3.05, 3.63) is 45.7 Å². The number of nitrogens with zero attached hydrogens (tertiary/aromatic N) is 1. The first-order chi connectivity index (χ1) is 11.1. The summed E-state index contributed by atoms with van der Waals surface area (Å²) >= 11 is 6.10. The van der Waals surface area contributed by atoms with E-state index in [2.05, 4.69) is 20.3 Å². The number of halogens is 1. The van der Waals surface area contributed by atoms with Crippen LogP contribution in [0.2, 0.25) is 5.02 Å². The lowest BCUT2D eigenvalue weighted by atomic mass is 9.96. The molecule has 0 fully saturated rings. The van der Waals surface area contributed by atoms with Crippen molar-refractivity contribution in [2.45, 2.75) is 25.7 Å². The average Bonchev–Trinajstić information content (AvgIpc) is 3.00. The molecule has 1 aromatic heterocycles. The Morgan fingerprint density at radius 2 is 2.09 bits per heavy atom. The summed E-state index contributed by atoms with van der Waals surface area (Å²) in [4.78, 5) is 24.1. The number of carbonyl (C=O) groups is 2. The highest BCUT2D eigenvalue weighted by Gasteiger charge is 2.22. The van der Waals surface area contributed by atoms with E-state index in [4.69, 9.17) is 11.6 Å². The molecule has 0 spiro atoms. The summed E-state index contributed by atoms with van der Waals surface area (Å²) in [6.07, 6.45) is 3.90. The Labute approximate surface area is 138 Å². The molecule has 0 atom stereocenters. The molecule has 2 N–H and O–H groups in total. The molecule has 1 heterocycles. The molecule has 7 heteroatoms. The number of amides is 1. The molecule has 0 radical (unpaired) electrons. The van der Waals surface area contributed by atoms with Crippen molar-refractivity contribution >= 4 is 29.2 Å². The van der Waals surface area contributed by atoms with Gasteiger partial charge in [-0.25, -0.2) is 4.79 Å². The van der Waals surface area contributed by atoms with Gasteiger partial charge in [0.25, 0.3) is 5.91 Å². The van der Waals surface area contributed by atoms with E-state index < -0.39 is 5.97 Å². The van der Waals surface area contributed by atoms with Gasteiger partial charge in [0.15, 0.2) is 5.69 Å². The normalized spacial score (nSPS) is 13.3. The van der Waals surface area contributed by atoms with E-state index in [9.17, 15) is 9.59 Å². The number of fused-ring (bicyclic) bond motifs is 1. The van der Waals surface area contributed by atoms with Crippen LogP contribution in [0.15, 0.2) is 18.2 Å². The van der Waals surface area contributed by atoms with Gasteiger partial charge in [0.2, 0.25) is 0 Å². The molecule has 1 aliphatic rings. The van der Waals surface area contributed by atoms with Gasteiger partial charge in [-0.3, -0.25) is 9.89 Å². The second-order valence-electron chi connectivity index (χ2n) is 5.38. The van der Waals surface area contributed by atoms with Crippen LogP contribution >= 0.6 is 11.6 Å². The number of H-pyrrole nitrogens is 1. The van der Waals surface area contributed by atoms with E-state index in [0.717, 1.165) is 36.9 Å². The van der Waals surface area contributed by atoms with Crippen LogP contribution in [0.5, 0.6) is 0 Å². The molecule has 120 valence electrons. The molecule has 0 saturated heterocycles. The summed E-state index contributed by atoms with van der Waals surface area (Å²) in [6, 6.07) is 4.58. The molecule has 0 saturated carbocycles. The fourth-order valence-electron chi connectivity index (χ4n) is 2.72. The average molecular weight is 334 g/mol. The minimum Gasteiger partial charge on any atom is -0.465 e. The lowest BCUT2D eigenvalue weighted by Crippen LogP contribution is -2.16. The molecule has 0 aliphatic heterocycles. The summed E-state index contributed by atoms with van der Waals surface area (Å²) in [5, 5.41) is 10.1. The first-order valence-electron chi connectivity index (χ1n) is 7.35. The van der Waals surface area contributed by atoms with Crippen LogP contribution in [-0.4, -0.2) is 29.2 Å². The highest BCUT2D eigenvalue weighted by molar-refractivity contribution is 6.34. The zero-order valence-electron chi connectivity index (χ0n) is 12.6. The van der Waals surface area contributed by atoms with Crippen molar-refractivity contribution in [3.63, 3.8) is 0 Å². The van der Waals surface area contributed by atoms with Crippen molar-refractivity contribution < 1.29 is 14.3 Å². The van der Waals surface area contributed by atoms with Crippen LogP contribution in [0.1, 0.15) is 44.9 Å². The number of aromatic nitrogens is 2. The van der Waals surface area contributed by atoms with Crippen LogP contribution in [0.3, 0.4) is 0 Å². The molecule has 6 nitrogen and oxygen atoms in total. The Bertz CT molecular complexity index is 770. The van der Waals surface area contributed by atoms with E-state index in [0.29, 0.717) is 22.0 Å². The zero-order valence-corrected chi connectivity index (χ0v) is 13.4. The van der Waals surface area contributed by atoms with E-state index in [1.807, 2.05) is 0 Å². The summed E-state index contributed by atoms with van der Waals surface area (Å²) in [6.45, 7) is 0. The number of anilines is 1. The summed E-state index contributed by atoms with van der Waals surface area (Å²) in [5.41, 5.74) is 3.05. The van der Waals surface area contributed by atoms with Gasteiger partial charge in [-0.2, -0.15) is 5.10 Å². The van der Waals surface area contributed by atoms with E-state index in [1.54, 1.807) is 12.1 Å². The molecule has 1 aliphatic carbocycles. The van der Waals surface area contributed by atoms with Gasteiger partial charge in [-0.1, -0.05) is 11.6 Å². The summed E-state index contributed by atoms with van der Waals surface area (Å²) in [7, 11) is 1.30. The van der Waals surface area contributed by atoms with Gasteiger partial charge >= 0.3 is 5.97 Å². The Kier molecular flexibility index (Phi) is 4.34. The molecule has 0 bridgehead atoms. The second kappa shape index (κ2) is 6.42. The molecular weight excluding hydrogens is 318 g/mol. The van der Waals surface area contributed by atoms with Gasteiger partial charge in [0.1, 0.15) is 0 Å². The zero-order chi connectivity index (χ0) is 16.4. The van der Waals surface area contributed by atoms with Crippen LogP contribution in [0.4, 0.5) is 5.69 Å². The number of aromatic amines is 1. The van der Waals surface area contributed by atoms with Crippen LogP contribution in [0.25, 0.3) is 0 Å². The standard InChI is InChI=1S/C16H16ClN3O3/c1-23-16(22)9-6-7-11(17)13(8-9)18-15(21)14-10-4-2-3-5-12(10)19-20-14/h6-8H,2-5H2,1H3,(H,18,21)(H,19,20). The highest BCUT2D eigenvalue weighted by atomic mass is 35.5. The lowest BCUT2D eigenvalue weighted by molar-refractivity contribution is 0.0600. The number of methoxy groups -OCH3 is 1. The first kappa shape index (κ1) is 15.6.